The molecule has 0 heterocycles. The van der Waals surface area contributed by atoms with Gasteiger partial charge in [-0.25, -0.2) is 0 Å². The Hall–Kier alpha value is 1.27. The van der Waals surface area contributed by atoms with Gasteiger partial charge in [0.1, 0.15) is 0 Å². The summed E-state index contributed by atoms with van der Waals surface area (Å²) in [6.07, 6.45) is 0. The topological polar surface area (TPSA) is 36.9 Å². The predicted octanol–water partition coefficient (Wildman–Crippen LogP) is 3.75. The Morgan fingerprint density at radius 2 is 0.765 bits per heavy atom. The second-order valence-corrected chi connectivity index (χ2v) is 7.59. The van der Waals surface area contributed by atoms with Crippen molar-refractivity contribution in [3.05, 3.63) is 0 Å². The average Bonchev–Trinajstić information content (AvgIpc) is 2.20. The molecule has 0 saturated heterocycles. The van der Waals surface area contributed by atoms with E-state index in [0.717, 1.165) is 26.4 Å². The van der Waals surface area contributed by atoms with Gasteiger partial charge in [0.15, 0.2) is 0 Å². The van der Waals surface area contributed by atoms with Gasteiger partial charge in [-0.2, -0.15) is 0 Å². The molecule has 0 aliphatic rings. The van der Waals surface area contributed by atoms with Crippen LogP contribution in [0.1, 0.15) is 35.1 Å². The van der Waals surface area contributed by atoms with Crippen LogP contribution in [0.5, 0.6) is 0 Å². The monoisotopic (exact) mass is 322 g/mol. The van der Waals surface area contributed by atoms with E-state index in [9.17, 15) is 0 Å². The van der Waals surface area contributed by atoms with Crippen LogP contribution in [0.3, 0.4) is 0 Å². The van der Waals surface area contributed by atoms with Crippen LogP contribution in [0.4, 0.5) is 0 Å². The molecular formula is C11H30O4Ti2. The molecule has 0 radical (unpaired) electrons. The first kappa shape index (κ1) is 23.4. The zero-order valence-electron chi connectivity index (χ0n) is 11.5. The van der Waals surface area contributed by atoms with Crippen molar-refractivity contribution in [2.24, 2.45) is 0 Å². The SMILES string of the molecule is C.CC[O][Ti]([CH3])[O]CC.CC[O][Ti]([CH3])[O]CC. The molecule has 6 heteroatoms. The van der Waals surface area contributed by atoms with Crippen LogP contribution in [-0.2, 0) is 50.6 Å². The van der Waals surface area contributed by atoms with Crippen LogP contribution in [0.2, 0.25) is 10.5 Å². The maximum absolute atomic E-state index is 5.23. The van der Waals surface area contributed by atoms with Crippen LogP contribution in [-0.4, -0.2) is 26.4 Å². The van der Waals surface area contributed by atoms with E-state index in [4.69, 9.17) is 13.3 Å². The minimum absolute atomic E-state index is 0. The molecule has 0 aliphatic carbocycles. The Kier molecular flexibility index (Phi) is 26.9. The van der Waals surface area contributed by atoms with E-state index in [1.807, 2.05) is 27.7 Å². The van der Waals surface area contributed by atoms with Gasteiger partial charge >= 0.3 is 115 Å². The van der Waals surface area contributed by atoms with Gasteiger partial charge < -0.3 is 0 Å². The fourth-order valence-corrected chi connectivity index (χ4v) is 3.70. The zero-order chi connectivity index (χ0) is 12.8. The summed E-state index contributed by atoms with van der Waals surface area (Å²) in [5, 5.41) is 4.12. The van der Waals surface area contributed by atoms with Gasteiger partial charge in [-0.1, -0.05) is 7.43 Å². The summed E-state index contributed by atoms with van der Waals surface area (Å²) in [4.78, 5) is 0. The van der Waals surface area contributed by atoms with Crippen molar-refractivity contribution in [2.75, 3.05) is 26.4 Å². The van der Waals surface area contributed by atoms with Crippen molar-refractivity contribution in [1.29, 1.82) is 0 Å². The molecule has 0 rings (SSSR count). The molecule has 17 heavy (non-hydrogen) atoms. The van der Waals surface area contributed by atoms with Gasteiger partial charge in [-0.3, -0.25) is 0 Å². The average molecular weight is 322 g/mol. The first-order valence-corrected chi connectivity index (χ1v) is 11.5. The van der Waals surface area contributed by atoms with E-state index in [2.05, 4.69) is 10.5 Å². The molecule has 4 nitrogen and oxygen atoms in total. The van der Waals surface area contributed by atoms with Crippen molar-refractivity contribution in [1.82, 2.24) is 0 Å². The number of rotatable bonds is 8. The van der Waals surface area contributed by atoms with Gasteiger partial charge in [0.05, 0.1) is 0 Å². The van der Waals surface area contributed by atoms with E-state index < -0.39 is 37.3 Å². The van der Waals surface area contributed by atoms with E-state index in [1.54, 1.807) is 0 Å². The Morgan fingerprint density at radius 3 is 0.882 bits per heavy atom. The Balaban J connectivity index is -0.000000218. The van der Waals surface area contributed by atoms with Gasteiger partial charge in [0, 0.05) is 0 Å². The van der Waals surface area contributed by atoms with E-state index in [-0.39, 0.29) is 7.43 Å². The van der Waals surface area contributed by atoms with Gasteiger partial charge in [-0.05, 0) is 0 Å². The van der Waals surface area contributed by atoms with E-state index >= 15 is 0 Å². The first-order chi connectivity index (χ1) is 7.62. The van der Waals surface area contributed by atoms with Gasteiger partial charge in [-0.15, -0.1) is 0 Å². The Bertz CT molecular complexity index is 102. The van der Waals surface area contributed by atoms with Crippen LogP contribution < -0.4 is 0 Å². The van der Waals surface area contributed by atoms with E-state index in [1.165, 1.54) is 0 Å². The minimum atomic E-state index is -1.44. The third-order valence-electron chi connectivity index (χ3n) is 1.39. The van der Waals surface area contributed by atoms with Crippen molar-refractivity contribution in [3.63, 3.8) is 0 Å². The fraction of sp³-hybridized carbons (Fsp3) is 1.00. The molecule has 106 valence electrons. The van der Waals surface area contributed by atoms with Crippen LogP contribution >= 0.6 is 0 Å². The summed E-state index contributed by atoms with van der Waals surface area (Å²) in [5.74, 6) is 0. The maximum atomic E-state index is 5.23. The van der Waals surface area contributed by atoms with Crippen molar-refractivity contribution in [2.45, 2.75) is 45.6 Å². The molecule has 0 fully saturated rings. The van der Waals surface area contributed by atoms with Gasteiger partial charge in [0.25, 0.3) is 0 Å². The second-order valence-electron chi connectivity index (χ2n) is 2.72. The summed E-state index contributed by atoms with van der Waals surface area (Å²) >= 11 is -2.87. The quantitative estimate of drug-likeness (QED) is 0.638. The summed E-state index contributed by atoms with van der Waals surface area (Å²) in [6.45, 7) is 11.2. The molecule has 0 saturated carbocycles. The van der Waals surface area contributed by atoms with E-state index in [0.29, 0.717) is 0 Å². The normalized spacial score (nSPS) is 8.82. The van der Waals surface area contributed by atoms with Gasteiger partial charge in [0.2, 0.25) is 0 Å². The standard InChI is InChI=1S/4C2H5O.CH4.2CH3.2Ti/c4*1-2-3;;;;;/h4*2H2,1H3;1H4;2*1H3;;/q4*-1;;;;2*+2. The van der Waals surface area contributed by atoms with Crippen LogP contribution in [0, 0.1) is 0 Å². The summed E-state index contributed by atoms with van der Waals surface area (Å²) in [5.41, 5.74) is 0. The van der Waals surface area contributed by atoms with Crippen molar-refractivity contribution in [3.8, 4) is 0 Å². The first-order valence-electron chi connectivity index (χ1n) is 5.80. The summed E-state index contributed by atoms with van der Waals surface area (Å²) in [6, 6.07) is 0. The molecule has 0 bridgehead atoms. The number of hydrogen-bond donors (Lipinski definition) is 0. The molecule has 0 N–H and O–H groups in total. The molecule has 0 aromatic carbocycles. The second kappa shape index (κ2) is 19.6. The van der Waals surface area contributed by atoms with Crippen molar-refractivity contribution < 1.29 is 50.6 Å². The third-order valence-corrected chi connectivity index (χ3v) is 5.73. The molecule has 0 spiro atoms. The summed E-state index contributed by atoms with van der Waals surface area (Å²) in [7, 11) is 0. The van der Waals surface area contributed by atoms with Crippen molar-refractivity contribution >= 4 is 0 Å². The Morgan fingerprint density at radius 1 is 0.588 bits per heavy atom. The predicted molar refractivity (Wildman–Crippen MR) is 65.0 cm³/mol. The zero-order valence-corrected chi connectivity index (χ0v) is 14.6. The molecular weight excluding hydrogens is 292 g/mol. The molecule has 0 atom stereocenters. The molecule has 0 aliphatic heterocycles. The Labute approximate surface area is 122 Å². The van der Waals surface area contributed by atoms with Crippen LogP contribution in [0.25, 0.3) is 0 Å². The third kappa shape index (κ3) is 22.9. The summed E-state index contributed by atoms with van der Waals surface area (Å²) < 4.78 is 20.9. The molecule has 0 amide bonds. The molecule has 0 aromatic heterocycles. The molecule has 0 unspecified atom stereocenters. The molecule has 0 aromatic rings. The fourth-order valence-electron chi connectivity index (χ4n) is 0.896. The number of hydrogen-bond acceptors (Lipinski definition) is 4. The van der Waals surface area contributed by atoms with Crippen LogP contribution in [0.15, 0.2) is 0 Å².